The van der Waals surface area contributed by atoms with E-state index < -0.39 is 5.92 Å². The van der Waals surface area contributed by atoms with Crippen molar-refractivity contribution in [1.82, 2.24) is 9.88 Å². The number of rotatable bonds is 4. The average Bonchev–Trinajstić information content (AvgIpc) is 3.13. The number of fused-ring (bicyclic) bond motifs is 1. The average molecular weight is 338 g/mol. The van der Waals surface area contributed by atoms with Crippen LogP contribution in [-0.4, -0.2) is 21.7 Å². The maximum atomic E-state index is 13.0. The van der Waals surface area contributed by atoms with E-state index in [1.165, 1.54) is 17.0 Å². The normalized spacial score (nSPS) is 17.6. The van der Waals surface area contributed by atoms with Crippen LogP contribution in [0.1, 0.15) is 17.9 Å². The molecular weight excluding hydrogens is 323 g/mol. The first-order valence-corrected chi connectivity index (χ1v) is 8.03. The predicted octanol–water partition coefficient (Wildman–Crippen LogP) is 3.08. The minimum atomic E-state index is -0.428. The molecule has 6 heteroatoms. The fraction of sp³-hybridized carbons (Fsp3) is 0.211. The summed E-state index contributed by atoms with van der Waals surface area (Å²) in [5, 5.41) is 0. The summed E-state index contributed by atoms with van der Waals surface area (Å²) < 4.78 is 18.6. The highest BCUT2D eigenvalue weighted by Crippen LogP contribution is 2.26. The van der Waals surface area contributed by atoms with Gasteiger partial charge in [0.25, 0.3) is 0 Å². The van der Waals surface area contributed by atoms with Gasteiger partial charge in [-0.2, -0.15) is 0 Å². The van der Waals surface area contributed by atoms with Crippen LogP contribution in [0.25, 0.3) is 11.1 Å². The van der Waals surface area contributed by atoms with Gasteiger partial charge in [0, 0.05) is 6.42 Å². The number of hydrogen-bond acceptors (Lipinski definition) is 4. The van der Waals surface area contributed by atoms with Gasteiger partial charge in [-0.15, -0.1) is 0 Å². The molecule has 2 amide bonds. The summed E-state index contributed by atoms with van der Waals surface area (Å²) in [6.07, 6.45) is 0.561. The lowest BCUT2D eigenvalue weighted by Crippen LogP contribution is -2.30. The Hall–Kier alpha value is -3.02. The van der Waals surface area contributed by atoms with E-state index in [4.69, 9.17) is 4.42 Å². The fourth-order valence-corrected chi connectivity index (χ4v) is 3.10. The number of nitrogens with zero attached hydrogens (tertiary/aromatic N) is 2. The number of amides is 2. The summed E-state index contributed by atoms with van der Waals surface area (Å²) in [6.45, 7) is 0.0340. The molecule has 25 heavy (non-hydrogen) atoms. The third-order valence-corrected chi connectivity index (χ3v) is 4.36. The van der Waals surface area contributed by atoms with Gasteiger partial charge in [0.2, 0.25) is 17.7 Å². The van der Waals surface area contributed by atoms with Gasteiger partial charge in [0.05, 0.1) is 5.92 Å². The van der Waals surface area contributed by atoms with Crippen LogP contribution in [0.2, 0.25) is 0 Å². The SMILES string of the molecule is O=C1C[C@@H](Cc2ccc(F)cc2)C(=O)N1Cc1nc2ccccc2o1. The molecule has 3 aromatic rings. The number of benzene rings is 2. The molecule has 126 valence electrons. The number of oxazole rings is 1. The van der Waals surface area contributed by atoms with E-state index in [1.54, 1.807) is 18.2 Å². The van der Waals surface area contributed by atoms with E-state index in [0.29, 0.717) is 23.4 Å². The first kappa shape index (κ1) is 15.5. The van der Waals surface area contributed by atoms with Crippen LogP contribution in [0.4, 0.5) is 4.39 Å². The summed E-state index contributed by atoms with van der Waals surface area (Å²) in [5.41, 5.74) is 2.15. The van der Waals surface area contributed by atoms with Crippen LogP contribution in [0, 0.1) is 11.7 Å². The molecule has 0 N–H and O–H groups in total. The maximum absolute atomic E-state index is 13.0. The van der Waals surface area contributed by atoms with E-state index in [9.17, 15) is 14.0 Å². The molecule has 1 aromatic heterocycles. The molecule has 1 aliphatic rings. The highest BCUT2D eigenvalue weighted by Gasteiger charge is 2.39. The maximum Gasteiger partial charge on any atom is 0.233 e. The van der Waals surface area contributed by atoms with Crippen molar-refractivity contribution in [3.05, 3.63) is 65.8 Å². The minimum Gasteiger partial charge on any atom is -0.439 e. The second kappa shape index (κ2) is 6.12. The number of carbonyl (C=O) groups excluding carboxylic acids is 2. The quantitative estimate of drug-likeness (QED) is 0.686. The lowest BCUT2D eigenvalue weighted by Gasteiger charge is -2.12. The Labute approximate surface area is 143 Å². The van der Waals surface area contributed by atoms with Gasteiger partial charge < -0.3 is 4.42 Å². The molecule has 1 saturated heterocycles. The second-order valence-corrected chi connectivity index (χ2v) is 6.13. The van der Waals surface area contributed by atoms with E-state index in [-0.39, 0.29) is 30.6 Å². The van der Waals surface area contributed by atoms with Crippen molar-refractivity contribution < 1.29 is 18.4 Å². The van der Waals surface area contributed by atoms with Crippen molar-refractivity contribution in [3.63, 3.8) is 0 Å². The number of imide groups is 1. The molecule has 2 aromatic carbocycles. The van der Waals surface area contributed by atoms with Crippen LogP contribution >= 0.6 is 0 Å². The zero-order valence-corrected chi connectivity index (χ0v) is 13.3. The van der Waals surface area contributed by atoms with Crippen molar-refractivity contribution in [1.29, 1.82) is 0 Å². The molecular formula is C19H15FN2O3. The predicted molar refractivity (Wildman–Crippen MR) is 87.8 cm³/mol. The molecule has 1 atom stereocenters. The zero-order chi connectivity index (χ0) is 17.4. The zero-order valence-electron chi connectivity index (χ0n) is 13.3. The molecule has 5 nitrogen and oxygen atoms in total. The summed E-state index contributed by atoms with van der Waals surface area (Å²) in [5.74, 6) is -0.890. The highest BCUT2D eigenvalue weighted by molar-refractivity contribution is 6.03. The van der Waals surface area contributed by atoms with Crippen molar-refractivity contribution in [2.75, 3.05) is 0 Å². The highest BCUT2D eigenvalue weighted by atomic mass is 19.1. The van der Waals surface area contributed by atoms with Crippen LogP contribution in [0.3, 0.4) is 0 Å². The minimum absolute atomic E-state index is 0.0340. The summed E-state index contributed by atoms with van der Waals surface area (Å²) in [7, 11) is 0. The molecule has 0 spiro atoms. The number of para-hydroxylation sites is 2. The third-order valence-electron chi connectivity index (χ3n) is 4.36. The van der Waals surface area contributed by atoms with Gasteiger partial charge in [0.1, 0.15) is 17.9 Å². The fourth-order valence-electron chi connectivity index (χ4n) is 3.10. The number of halogens is 1. The van der Waals surface area contributed by atoms with Crippen molar-refractivity contribution >= 4 is 22.9 Å². The van der Waals surface area contributed by atoms with Gasteiger partial charge in [-0.25, -0.2) is 9.37 Å². The third kappa shape index (κ3) is 3.03. The molecule has 0 radical (unpaired) electrons. The summed E-state index contributed by atoms with van der Waals surface area (Å²) in [6, 6.07) is 13.3. The van der Waals surface area contributed by atoms with Crippen LogP contribution in [0.5, 0.6) is 0 Å². The monoisotopic (exact) mass is 338 g/mol. The van der Waals surface area contributed by atoms with E-state index in [0.717, 1.165) is 5.56 Å². The van der Waals surface area contributed by atoms with Crippen LogP contribution < -0.4 is 0 Å². The molecule has 1 aliphatic heterocycles. The second-order valence-electron chi connectivity index (χ2n) is 6.13. The largest absolute Gasteiger partial charge is 0.439 e. The lowest BCUT2D eigenvalue weighted by atomic mass is 9.98. The summed E-state index contributed by atoms with van der Waals surface area (Å²) in [4.78, 5) is 30.3. The number of likely N-dealkylation sites (tertiary alicyclic amines) is 1. The van der Waals surface area contributed by atoms with E-state index in [2.05, 4.69) is 4.98 Å². The smallest absolute Gasteiger partial charge is 0.233 e. The van der Waals surface area contributed by atoms with E-state index in [1.807, 2.05) is 18.2 Å². The molecule has 0 aliphatic carbocycles. The Morgan fingerprint density at radius 1 is 1.12 bits per heavy atom. The lowest BCUT2D eigenvalue weighted by molar-refractivity contribution is -0.140. The standard InChI is InChI=1S/C19H15FN2O3/c20-14-7-5-12(6-8-14)9-13-10-18(23)22(19(13)24)11-17-21-15-3-1-2-4-16(15)25-17/h1-8,13H,9-11H2/t13-/m1/s1. The van der Waals surface area contributed by atoms with Crippen molar-refractivity contribution in [2.45, 2.75) is 19.4 Å². The number of carbonyl (C=O) groups is 2. The van der Waals surface area contributed by atoms with Crippen LogP contribution in [-0.2, 0) is 22.6 Å². The van der Waals surface area contributed by atoms with Gasteiger partial charge >= 0.3 is 0 Å². The first-order valence-electron chi connectivity index (χ1n) is 8.03. The van der Waals surface area contributed by atoms with Gasteiger partial charge in [0.15, 0.2) is 5.58 Å². The molecule has 0 unspecified atom stereocenters. The Kier molecular flexibility index (Phi) is 3.80. The molecule has 4 rings (SSSR count). The molecule has 0 saturated carbocycles. The van der Waals surface area contributed by atoms with Gasteiger partial charge in [-0.1, -0.05) is 24.3 Å². The van der Waals surface area contributed by atoms with E-state index >= 15 is 0 Å². The Morgan fingerprint density at radius 2 is 1.88 bits per heavy atom. The molecule has 2 heterocycles. The Bertz CT molecular complexity index is 916. The number of aromatic nitrogens is 1. The summed E-state index contributed by atoms with van der Waals surface area (Å²) >= 11 is 0. The molecule has 0 bridgehead atoms. The first-order chi connectivity index (χ1) is 12.1. The van der Waals surface area contributed by atoms with Gasteiger partial charge in [-0.05, 0) is 36.2 Å². The Balaban J connectivity index is 1.49. The number of hydrogen-bond donors (Lipinski definition) is 0. The van der Waals surface area contributed by atoms with Crippen molar-refractivity contribution in [3.8, 4) is 0 Å². The topological polar surface area (TPSA) is 63.4 Å². The van der Waals surface area contributed by atoms with Gasteiger partial charge in [-0.3, -0.25) is 14.5 Å². The molecule has 1 fully saturated rings. The van der Waals surface area contributed by atoms with Crippen LogP contribution in [0.15, 0.2) is 52.9 Å². The Morgan fingerprint density at radius 3 is 2.64 bits per heavy atom. The van der Waals surface area contributed by atoms with Crippen molar-refractivity contribution in [2.24, 2.45) is 5.92 Å².